The summed E-state index contributed by atoms with van der Waals surface area (Å²) < 4.78 is 66.0. The van der Waals surface area contributed by atoms with Gasteiger partial charge in [0.05, 0.1) is 19.9 Å². The number of rotatable bonds is 5. The van der Waals surface area contributed by atoms with E-state index in [-0.39, 0.29) is 22.9 Å². The topological polar surface area (TPSA) is 136 Å². The van der Waals surface area contributed by atoms with Crippen LogP contribution in [0.3, 0.4) is 0 Å². The Balaban J connectivity index is 1.75. The molecule has 2 aromatic rings. The normalized spacial score (nSPS) is 25.8. The fourth-order valence-corrected chi connectivity index (χ4v) is 5.92. The second kappa shape index (κ2) is 8.23. The molecule has 13 heteroatoms. The van der Waals surface area contributed by atoms with Crippen molar-refractivity contribution in [3.8, 4) is 5.75 Å². The van der Waals surface area contributed by atoms with Gasteiger partial charge < -0.3 is 20.5 Å². The first-order valence-electron chi connectivity index (χ1n) is 9.76. The fraction of sp³-hybridized carbons (Fsp3) is 0.350. The number of methoxy groups -OCH3 is 1. The highest BCUT2D eigenvalue weighted by Crippen LogP contribution is 2.46. The standard InChI is InChI=1S/C20H21F2N5O5S/c1-27-19(23)26-20(10-32-16(8-21)17(20)33(27,29)30)13-7-11(3-5-14(13)22)25-18(28)15-6-4-12(31-2)9-24-15/h3-7,9,16-17H,8,10H2,1-2H3,(H2,23,26)(H,25,28)/t16-,17+,20+/m0/s1. The lowest BCUT2D eigenvalue weighted by Crippen LogP contribution is -2.59. The average molecular weight is 481 g/mol. The summed E-state index contributed by atoms with van der Waals surface area (Å²) in [5, 5.41) is 1.04. The van der Waals surface area contributed by atoms with Gasteiger partial charge in [-0.15, -0.1) is 0 Å². The number of amides is 1. The highest BCUT2D eigenvalue weighted by atomic mass is 32.2. The minimum atomic E-state index is -4.22. The maximum atomic E-state index is 15.0. The zero-order valence-corrected chi connectivity index (χ0v) is 18.5. The summed E-state index contributed by atoms with van der Waals surface area (Å²) in [6.07, 6.45) is -0.00182. The number of halogens is 2. The van der Waals surface area contributed by atoms with Gasteiger partial charge in [0.25, 0.3) is 5.91 Å². The van der Waals surface area contributed by atoms with Crippen molar-refractivity contribution in [2.75, 3.05) is 32.8 Å². The molecule has 1 saturated heterocycles. The Hall–Kier alpha value is -3.32. The molecule has 10 nitrogen and oxygen atoms in total. The maximum absolute atomic E-state index is 15.0. The van der Waals surface area contributed by atoms with Gasteiger partial charge in [-0.1, -0.05) is 0 Å². The first-order valence-corrected chi connectivity index (χ1v) is 11.3. The molecule has 1 amide bonds. The van der Waals surface area contributed by atoms with Crippen LogP contribution in [-0.2, 0) is 20.3 Å². The smallest absolute Gasteiger partial charge is 0.274 e. The summed E-state index contributed by atoms with van der Waals surface area (Å²) in [7, 11) is -1.58. The Labute approximate surface area is 188 Å². The number of aromatic nitrogens is 1. The minimum absolute atomic E-state index is 0.0727. The van der Waals surface area contributed by atoms with Gasteiger partial charge in [-0.25, -0.2) is 31.5 Å². The molecule has 0 saturated carbocycles. The van der Waals surface area contributed by atoms with Crippen molar-refractivity contribution in [1.29, 1.82) is 0 Å². The Morgan fingerprint density at radius 1 is 1.39 bits per heavy atom. The largest absolute Gasteiger partial charge is 0.495 e. The lowest BCUT2D eigenvalue weighted by Gasteiger charge is -2.39. The van der Waals surface area contributed by atoms with Crippen molar-refractivity contribution in [3.05, 3.63) is 53.6 Å². The molecule has 2 aliphatic rings. The maximum Gasteiger partial charge on any atom is 0.274 e. The number of guanidine groups is 1. The number of anilines is 1. The Morgan fingerprint density at radius 3 is 2.79 bits per heavy atom. The Kier molecular flexibility index (Phi) is 5.70. The quantitative estimate of drug-likeness (QED) is 0.650. The SMILES string of the molecule is COc1ccc(C(=O)Nc2ccc(F)c([C@]34CO[C@@H](CF)[C@H]3S(=O)(=O)N(C)C(N)=N4)c2)nc1. The number of carbonyl (C=O) groups is 1. The molecule has 1 aromatic carbocycles. The predicted molar refractivity (Wildman–Crippen MR) is 115 cm³/mol. The van der Waals surface area contributed by atoms with Gasteiger partial charge >= 0.3 is 0 Å². The predicted octanol–water partition coefficient (Wildman–Crippen LogP) is 1.00. The van der Waals surface area contributed by atoms with Gasteiger partial charge in [-0.3, -0.25) is 4.79 Å². The van der Waals surface area contributed by atoms with Crippen molar-refractivity contribution >= 4 is 27.6 Å². The van der Waals surface area contributed by atoms with Crippen LogP contribution in [0, 0.1) is 5.82 Å². The van der Waals surface area contributed by atoms with Gasteiger partial charge in [0.2, 0.25) is 16.0 Å². The average Bonchev–Trinajstić information content (AvgIpc) is 3.19. The Bertz CT molecular complexity index is 1220. The number of ether oxygens (including phenoxy) is 2. The molecule has 0 radical (unpaired) electrons. The molecule has 0 aliphatic carbocycles. The summed E-state index contributed by atoms with van der Waals surface area (Å²) in [6, 6.07) is 6.59. The number of nitrogens with zero attached hydrogens (tertiary/aromatic N) is 3. The van der Waals surface area contributed by atoms with Crippen LogP contribution in [0.4, 0.5) is 14.5 Å². The van der Waals surface area contributed by atoms with Crippen LogP contribution in [0.25, 0.3) is 0 Å². The van der Waals surface area contributed by atoms with Crippen molar-refractivity contribution < 1.29 is 31.5 Å². The fourth-order valence-electron chi connectivity index (χ4n) is 4.00. The van der Waals surface area contributed by atoms with Crippen LogP contribution in [0.2, 0.25) is 0 Å². The van der Waals surface area contributed by atoms with Crippen LogP contribution in [0.15, 0.2) is 41.5 Å². The number of sulfonamides is 1. The van der Waals surface area contributed by atoms with E-state index in [4.69, 9.17) is 15.2 Å². The summed E-state index contributed by atoms with van der Waals surface area (Å²) >= 11 is 0. The molecule has 1 aromatic heterocycles. The van der Waals surface area contributed by atoms with Gasteiger partial charge in [0.1, 0.15) is 40.8 Å². The summed E-state index contributed by atoms with van der Waals surface area (Å²) in [5.74, 6) is -1.32. The molecule has 1 fully saturated rings. The number of nitrogens with two attached hydrogens (primary N) is 1. The monoisotopic (exact) mass is 481 g/mol. The molecule has 3 atom stereocenters. The van der Waals surface area contributed by atoms with E-state index in [1.54, 1.807) is 6.07 Å². The van der Waals surface area contributed by atoms with E-state index in [1.807, 2.05) is 0 Å². The summed E-state index contributed by atoms with van der Waals surface area (Å²) in [5.41, 5.74) is 4.03. The van der Waals surface area contributed by atoms with Crippen molar-refractivity contribution in [3.63, 3.8) is 0 Å². The lowest BCUT2D eigenvalue weighted by atomic mass is 9.86. The molecule has 4 rings (SSSR count). The third kappa shape index (κ3) is 3.66. The zero-order valence-electron chi connectivity index (χ0n) is 17.7. The second-order valence-corrected chi connectivity index (χ2v) is 9.65. The van der Waals surface area contributed by atoms with E-state index in [2.05, 4.69) is 15.3 Å². The molecule has 3 heterocycles. The number of benzene rings is 1. The summed E-state index contributed by atoms with van der Waals surface area (Å²) in [6.45, 7) is -1.52. The van der Waals surface area contributed by atoms with Crippen LogP contribution in [0.1, 0.15) is 16.1 Å². The van der Waals surface area contributed by atoms with Gasteiger partial charge in [0, 0.05) is 18.3 Å². The second-order valence-electron chi connectivity index (χ2n) is 7.56. The Morgan fingerprint density at radius 2 is 2.15 bits per heavy atom. The van der Waals surface area contributed by atoms with Gasteiger partial charge in [0.15, 0.2) is 0 Å². The van der Waals surface area contributed by atoms with Crippen LogP contribution < -0.4 is 15.8 Å². The van der Waals surface area contributed by atoms with E-state index < -0.39 is 51.9 Å². The number of aliphatic imine (C=N–C) groups is 1. The molecular formula is C20H21F2N5O5S. The highest BCUT2D eigenvalue weighted by molar-refractivity contribution is 7.90. The molecule has 176 valence electrons. The van der Waals surface area contributed by atoms with E-state index in [9.17, 15) is 17.6 Å². The van der Waals surface area contributed by atoms with Crippen molar-refractivity contribution in [1.82, 2.24) is 9.29 Å². The minimum Gasteiger partial charge on any atom is -0.495 e. The molecule has 0 unspecified atom stereocenters. The van der Waals surface area contributed by atoms with E-state index in [0.717, 1.165) is 10.4 Å². The van der Waals surface area contributed by atoms with E-state index >= 15 is 4.39 Å². The first-order chi connectivity index (χ1) is 15.6. The molecule has 33 heavy (non-hydrogen) atoms. The van der Waals surface area contributed by atoms with Crippen LogP contribution in [0.5, 0.6) is 5.75 Å². The van der Waals surface area contributed by atoms with E-state index in [0.29, 0.717) is 5.75 Å². The molecule has 0 spiro atoms. The third-order valence-electron chi connectivity index (χ3n) is 5.71. The molecular weight excluding hydrogens is 460 g/mol. The number of alkyl halides is 1. The van der Waals surface area contributed by atoms with E-state index in [1.165, 1.54) is 38.6 Å². The van der Waals surface area contributed by atoms with Crippen LogP contribution >= 0.6 is 0 Å². The molecule has 3 N–H and O–H groups in total. The number of hydrogen-bond acceptors (Lipinski definition) is 8. The number of carbonyl (C=O) groups excluding carboxylic acids is 1. The third-order valence-corrected chi connectivity index (χ3v) is 8.00. The van der Waals surface area contributed by atoms with Crippen molar-refractivity contribution in [2.45, 2.75) is 16.9 Å². The zero-order chi connectivity index (χ0) is 24.0. The van der Waals surface area contributed by atoms with Gasteiger partial charge in [-0.05, 0) is 30.3 Å². The molecule has 0 bridgehead atoms. The first kappa shape index (κ1) is 22.9. The summed E-state index contributed by atoms with van der Waals surface area (Å²) in [4.78, 5) is 20.8. The van der Waals surface area contributed by atoms with Gasteiger partial charge in [-0.2, -0.15) is 0 Å². The number of hydrogen-bond donors (Lipinski definition) is 2. The van der Waals surface area contributed by atoms with Crippen molar-refractivity contribution in [2.24, 2.45) is 10.7 Å². The van der Waals surface area contributed by atoms with Crippen LogP contribution in [-0.4, -0.2) is 68.4 Å². The number of nitrogens with one attached hydrogen (secondary N) is 1. The highest BCUT2D eigenvalue weighted by Gasteiger charge is 2.62. The number of pyridine rings is 1. The lowest BCUT2D eigenvalue weighted by molar-refractivity contribution is 0.0847. The molecule has 2 aliphatic heterocycles. The number of fused-ring (bicyclic) bond motifs is 1.